The van der Waals surface area contributed by atoms with E-state index in [0.29, 0.717) is 6.42 Å². The molecule has 0 spiro atoms. The van der Waals surface area contributed by atoms with Gasteiger partial charge in [0.2, 0.25) is 5.91 Å². The van der Waals surface area contributed by atoms with Gasteiger partial charge in [0.25, 0.3) is 0 Å². The molecule has 2 unspecified atom stereocenters. The molecule has 5 heteroatoms. The molecule has 2 N–H and O–H groups in total. The van der Waals surface area contributed by atoms with Crippen LogP contribution in [0.3, 0.4) is 0 Å². The van der Waals surface area contributed by atoms with E-state index in [1.54, 1.807) is 0 Å². The number of hydrogen-bond donors (Lipinski definition) is 2. The SMILES string of the molecule is Cc1ccc(CCC(=O)N2CC(O)CC2C(=O)O)cc1. The smallest absolute Gasteiger partial charge is 0.326 e. The van der Waals surface area contributed by atoms with Crippen LogP contribution in [0, 0.1) is 6.92 Å². The highest BCUT2D eigenvalue weighted by atomic mass is 16.4. The van der Waals surface area contributed by atoms with Crippen molar-refractivity contribution in [1.29, 1.82) is 0 Å². The number of amides is 1. The third kappa shape index (κ3) is 3.36. The van der Waals surface area contributed by atoms with E-state index in [-0.39, 0.29) is 25.3 Å². The molecule has 1 aromatic rings. The van der Waals surface area contributed by atoms with Crippen LogP contribution < -0.4 is 0 Å². The Labute approximate surface area is 117 Å². The molecule has 1 amide bonds. The van der Waals surface area contributed by atoms with Gasteiger partial charge in [0, 0.05) is 19.4 Å². The van der Waals surface area contributed by atoms with Gasteiger partial charge in [-0.25, -0.2) is 4.79 Å². The van der Waals surface area contributed by atoms with Crippen molar-refractivity contribution in [3.63, 3.8) is 0 Å². The highest BCUT2D eigenvalue weighted by molar-refractivity contribution is 5.84. The lowest BCUT2D eigenvalue weighted by Gasteiger charge is -2.21. The maximum atomic E-state index is 12.1. The van der Waals surface area contributed by atoms with Crippen molar-refractivity contribution in [2.45, 2.75) is 38.3 Å². The van der Waals surface area contributed by atoms with Crippen LogP contribution in [0.2, 0.25) is 0 Å². The Morgan fingerprint density at radius 2 is 1.95 bits per heavy atom. The number of hydrogen-bond acceptors (Lipinski definition) is 3. The second-order valence-electron chi connectivity index (χ2n) is 5.28. The largest absolute Gasteiger partial charge is 0.480 e. The van der Waals surface area contributed by atoms with Gasteiger partial charge in [0.15, 0.2) is 0 Å². The van der Waals surface area contributed by atoms with Gasteiger partial charge in [-0.05, 0) is 18.9 Å². The summed E-state index contributed by atoms with van der Waals surface area (Å²) in [4.78, 5) is 24.4. The zero-order valence-electron chi connectivity index (χ0n) is 11.5. The van der Waals surface area contributed by atoms with Gasteiger partial charge in [-0.2, -0.15) is 0 Å². The number of carbonyl (C=O) groups is 2. The fraction of sp³-hybridized carbons (Fsp3) is 0.467. The van der Waals surface area contributed by atoms with Crippen molar-refractivity contribution in [1.82, 2.24) is 4.90 Å². The number of aryl methyl sites for hydroxylation is 2. The summed E-state index contributed by atoms with van der Waals surface area (Å²) >= 11 is 0. The molecule has 1 aliphatic heterocycles. The third-order valence-electron chi connectivity index (χ3n) is 3.63. The highest BCUT2D eigenvalue weighted by Crippen LogP contribution is 2.20. The molecule has 2 atom stereocenters. The predicted octanol–water partition coefficient (Wildman–Crippen LogP) is 0.974. The van der Waals surface area contributed by atoms with Crippen molar-refractivity contribution in [3.05, 3.63) is 35.4 Å². The average molecular weight is 277 g/mol. The van der Waals surface area contributed by atoms with Gasteiger partial charge in [-0.3, -0.25) is 4.79 Å². The van der Waals surface area contributed by atoms with Crippen molar-refractivity contribution in [2.24, 2.45) is 0 Å². The molecule has 1 saturated heterocycles. The van der Waals surface area contributed by atoms with Gasteiger partial charge in [-0.15, -0.1) is 0 Å². The van der Waals surface area contributed by atoms with Crippen molar-refractivity contribution in [2.75, 3.05) is 6.54 Å². The Bertz CT molecular complexity index is 497. The Kier molecular flexibility index (Phi) is 4.39. The number of likely N-dealkylation sites (tertiary alicyclic amines) is 1. The summed E-state index contributed by atoms with van der Waals surface area (Å²) in [6.45, 7) is 2.11. The van der Waals surface area contributed by atoms with Crippen LogP contribution in [0.4, 0.5) is 0 Å². The number of β-amino-alcohol motifs (C(OH)–C–C–N with tert-alkyl or cyclic N) is 1. The van der Waals surface area contributed by atoms with E-state index in [1.165, 1.54) is 4.90 Å². The normalized spacial score (nSPS) is 22.0. The van der Waals surface area contributed by atoms with Gasteiger partial charge >= 0.3 is 5.97 Å². The highest BCUT2D eigenvalue weighted by Gasteiger charge is 2.38. The predicted molar refractivity (Wildman–Crippen MR) is 73.3 cm³/mol. The van der Waals surface area contributed by atoms with E-state index in [0.717, 1.165) is 11.1 Å². The summed E-state index contributed by atoms with van der Waals surface area (Å²) in [5, 5.41) is 18.6. The summed E-state index contributed by atoms with van der Waals surface area (Å²) in [6.07, 6.45) is 0.225. The number of rotatable bonds is 4. The first kappa shape index (κ1) is 14.5. The zero-order chi connectivity index (χ0) is 14.7. The summed E-state index contributed by atoms with van der Waals surface area (Å²) in [5.41, 5.74) is 2.21. The van der Waals surface area contributed by atoms with Crippen LogP contribution in [-0.4, -0.2) is 45.7 Å². The molecule has 1 aromatic carbocycles. The van der Waals surface area contributed by atoms with Gasteiger partial charge in [-0.1, -0.05) is 29.8 Å². The fourth-order valence-electron chi connectivity index (χ4n) is 2.47. The van der Waals surface area contributed by atoms with Crippen LogP contribution in [0.25, 0.3) is 0 Å². The minimum atomic E-state index is -1.05. The number of carboxylic acids is 1. The first-order valence-corrected chi connectivity index (χ1v) is 6.73. The topological polar surface area (TPSA) is 77.8 Å². The number of carbonyl (C=O) groups excluding carboxylic acids is 1. The quantitative estimate of drug-likeness (QED) is 0.859. The van der Waals surface area contributed by atoms with E-state index in [4.69, 9.17) is 5.11 Å². The van der Waals surface area contributed by atoms with Crippen LogP contribution in [0.15, 0.2) is 24.3 Å². The Hall–Kier alpha value is -1.88. The molecule has 5 nitrogen and oxygen atoms in total. The summed E-state index contributed by atoms with van der Waals surface area (Å²) in [7, 11) is 0. The fourth-order valence-corrected chi connectivity index (χ4v) is 2.47. The monoisotopic (exact) mass is 277 g/mol. The zero-order valence-corrected chi connectivity index (χ0v) is 11.5. The minimum absolute atomic E-state index is 0.115. The van der Waals surface area contributed by atoms with Crippen LogP contribution in [0.1, 0.15) is 24.0 Å². The second kappa shape index (κ2) is 6.05. The van der Waals surface area contributed by atoms with Crippen molar-refractivity contribution < 1.29 is 19.8 Å². The van der Waals surface area contributed by atoms with Crippen molar-refractivity contribution >= 4 is 11.9 Å². The number of aliphatic hydroxyl groups excluding tert-OH is 1. The molecule has 0 bridgehead atoms. The summed E-state index contributed by atoms with van der Waals surface area (Å²) in [6, 6.07) is 7.01. The molecular weight excluding hydrogens is 258 g/mol. The molecule has 2 rings (SSSR count). The molecule has 1 aliphatic rings. The average Bonchev–Trinajstić information content (AvgIpc) is 2.80. The lowest BCUT2D eigenvalue weighted by molar-refractivity contribution is -0.148. The Morgan fingerprint density at radius 3 is 2.55 bits per heavy atom. The number of benzene rings is 1. The molecule has 0 saturated carbocycles. The maximum Gasteiger partial charge on any atom is 0.326 e. The number of aliphatic hydroxyl groups is 1. The second-order valence-corrected chi connectivity index (χ2v) is 5.28. The van der Waals surface area contributed by atoms with E-state index >= 15 is 0 Å². The van der Waals surface area contributed by atoms with E-state index < -0.39 is 18.1 Å². The first-order chi connectivity index (χ1) is 9.47. The standard InChI is InChI=1S/C15H19NO4/c1-10-2-4-11(5-3-10)6-7-14(18)16-9-12(17)8-13(16)15(19)20/h2-5,12-13,17H,6-9H2,1H3,(H,19,20). The Balaban J connectivity index is 1.94. The lowest BCUT2D eigenvalue weighted by atomic mass is 10.1. The molecular formula is C15H19NO4. The van der Waals surface area contributed by atoms with Gasteiger partial charge in [0.1, 0.15) is 6.04 Å². The van der Waals surface area contributed by atoms with E-state index in [1.807, 2.05) is 31.2 Å². The number of carboxylic acid groups (broad SMARTS) is 1. The molecule has 0 aliphatic carbocycles. The summed E-state index contributed by atoms with van der Waals surface area (Å²) in [5.74, 6) is -1.26. The third-order valence-corrected chi connectivity index (χ3v) is 3.63. The number of nitrogens with zero attached hydrogens (tertiary/aromatic N) is 1. The molecule has 20 heavy (non-hydrogen) atoms. The maximum absolute atomic E-state index is 12.1. The van der Waals surface area contributed by atoms with Crippen molar-refractivity contribution in [3.8, 4) is 0 Å². The van der Waals surface area contributed by atoms with Crippen LogP contribution >= 0.6 is 0 Å². The lowest BCUT2D eigenvalue weighted by Crippen LogP contribution is -2.40. The molecule has 1 heterocycles. The Morgan fingerprint density at radius 1 is 1.30 bits per heavy atom. The van der Waals surface area contributed by atoms with Crippen LogP contribution in [0.5, 0.6) is 0 Å². The molecule has 0 aromatic heterocycles. The van der Waals surface area contributed by atoms with E-state index in [2.05, 4.69) is 0 Å². The van der Waals surface area contributed by atoms with Gasteiger partial charge < -0.3 is 15.1 Å². The molecule has 1 fully saturated rings. The molecule has 0 radical (unpaired) electrons. The van der Waals surface area contributed by atoms with Gasteiger partial charge in [0.05, 0.1) is 6.10 Å². The number of aliphatic carboxylic acids is 1. The van der Waals surface area contributed by atoms with Crippen LogP contribution in [-0.2, 0) is 16.0 Å². The molecule has 108 valence electrons. The minimum Gasteiger partial charge on any atom is -0.480 e. The van der Waals surface area contributed by atoms with E-state index in [9.17, 15) is 14.7 Å². The summed E-state index contributed by atoms with van der Waals surface area (Å²) < 4.78 is 0. The first-order valence-electron chi connectivity index (χ1n) is 6.73.